The number of aromatic nitrogens is 2. The van der Waals surface area contributed by atoms with E-state index in [2.05, 4.69) is 10.3 Å². The van der Waals surface area contributed by atoms with Gasteiger partial charge in [0.25, 0.3) is 12.2 Å². The van der Waals surface area contributed by atoms with E-state index in [0.29, 0.717) is 10.3 Å². The smallest absolute Gasteiger partial charge is 0.382 e. The molecule has 1 fully saturated rings. The third-order valence-corrected chi connectivity index (χ3v) is 3.77. The lowest BCUT2D eigenvalue weighted by Gasteiger charge is -2.17. The molecule has 1 aliphatic heterocycles. The average Bonchev–Trinajstić information content (AvgIpc) is 2.92. The molecule has 0 spiro atoms. The highest BCUT2D eigenvalue weighted by Crippen LogP contribution is 2.20. The van der Waals surface area contributed by atoms with Crippen LogP contribution in [0.3, 0.4) is 0 Å². The van der Waals surface area contributed by atoms with Crippen molar-refractivity contribution in [1.82, 2.24) is 9.71 Å². The van der Waals surface area contributed by atoms with Gasteiger partial charge in [0, 0.05) is 11.6 Å². The van der Waals surface area contributed by atoms with Crippen LogP contribution in [-0.2, 0) is 4.74 Å². The fourth-order valence-corrected chi connectivity index (χ4v) is 2.38. The molecule has 0 bridgehead atoms. The Labute approximate surface area is 147 Å². The van der Waals surface area contributed by atoms with Crippen molar-refractivity contribution in [3.63, 3.8) is 0 Å². The molecule has 1 saturated heterocycles. The predicted molar refractivity (Wildman–Crippen MR) is 87.2 cm³/mol. The summed E-state index contributed by atoms with van der Waals surface area (Å²) in [6, 6.07) is 9.72. The number of benzene rings is 1. The van der Waals surface area contributed by atoms with Crippen molar-refractivity contribution in [3.8, 4) is 0 Å². The maximum atomic E-state index is 12.0. The van der Waals surface area contributed by atoms with E-state index in [-0.39, 0.29) is 5.82 Å². The maximum absolute atomic E-state index is 12.0. The molecular formula is C16H17N3O7. The van der Waals surface area contributed by atoms with E-state index < -0.39 is 42.8 Å². The number of amides is 1. The minimum absolute atomic E-state index is 0.0184. The van der Waals surface area contributed by atoms with Crippen LogP contribution in [0.25, 0.3) is 0 Å². The van der Waals surface area contributed by atoms with Gasteiger partial charge in [0.1, 0.15) is 24.1 Å². The lowest BCUT2D eigenvalue weighted by Crippen LogP contribution is -2.41. The number of hydrogen-bond donors (Lipinski definition) is 4. The lowest BCUT2D eigenvalue weighted by atomic mass is 10.1. The zero-order valence-corrected chi connectivity index (χ0v) is 13.4. The molecule has 0 saturated carbocycles. The first-order valence-corrected chi connectivity index (χ1v) is 7.75. The molecular weight excluding hydrogens is 346 g/mol. The van der Waals surface area contributed by atoms with Crippen molar-refractivity contribution in [2.75, 3.05) is 11.9 Å². The Morgan fingerprint density at radius 2 is 1.96 bits per heavy atom. The zero-order valence-electron chi connectivity index (χ0n) is 13.4. The molecule has 1 amide bonds. The lowest BCUT2D eigenvalue weighted by molar-refractivity contribution is -0.173. The zero-order chi connectivity index (χ0) is 18.7. The topological polar surface area (TPSA) is 143 Å². The van der Waals surface area contributed by atoms with Crippen LogP contribution in [-0.4, -0.2) is 62.1 Å². The van der Waals surface area contributed by atoms with Gasteiger partial charge in [-0.15, -0.1) is 4.73 Å². The van der Waals surface area contributed by atoms with E-state index in [1.807, 2.05) is 0 Å². The quantitative estimate of drug-likeness (QED) is 0.495. The van der Waals surface area contributed by atoms with Crippen LogP contribution in [0.15, 0.2) is 47.4 Å². The van der Waals surface area contributed by atoms with E-state index in [0.717, 1.165) is 0 Å². The second kappa shape index (κ2) is 7.62. The first-order chi connectivity index (χ1) is 12.5. The summed E-state index contributed by atoms with van der Waals surface area (Å²) in [6.45, 7) is -0.518. The molecule has 10 heteroatoms. The van der Waals surface area contributed by atoms with Gasteiger partial charge >= 0.3 is 5.69 Å². The predicted octanol–water partition coefficient (Wildman–Crippen LogP) is -1.64. The summed E-state index contributed by atoms with van der Waals surface area (Å²) >= 11 is 0. The number of ether oxygens (including phenoxy) is 1. The number of hydrogen-bond acceptors (Lipinski definition) is 8. The van der Waals surface area contributed by atoms with Gasteiger partial charge in [0.05, 0.1) is 12.8 Å². The van der Waals surface area contributed by atoms with Crippen LogP contribution in [0.1, 0.15) is 10.4 Å². The summed E-state index contributed by atoms with van der Waals surface area (Å²) in [6.07, 6.45) is -3.99. The number of carbonyl (C=O) groups is 1. The van der Waals surface area contributed by atoms with Gasteiger partial charge in [-0.3, -0.25) is 4.79 Å². The van der Waals surface area contributed by atoms with Gasteiger partial charge < -0.3 is 30.2 Å². The van der Waals surface area contributed by atoms with Gasteiger partial charge in [-0.25, -0.2) is 4.79 Å². The van der Waals surface area contributed by atoms with Crippen molar-refractivity contribution in [3.05, 3.63) is 58.6 Å². The fourth-order valence-electron chi connectivity index (χ4n) is 2.38. The van der Waals surface area contributed by atoms with Gasteiger partial charge in [0.2, 0.25) is 0 Å². The molecule has 26 heavy (non-hydrogen) atoms. The van der Waals surface area contributed by atoms with E-state index in [4.69, 9.17) is 14.7 Å². The number of nitrogens with zero attached hydrogens (tertiary/aromatic N) is 2. The third kappa shape index (κ3) is 3.73. The summed E-state index contributed by atoms with van der Waals surface area (Å²) in [4.78, 5) is 32.9. The third-order valence-electron chi connectivity index (χ3n) is 3.77. The Morgan fingerprint density at radius 3 is 2.58 bits per heavy atom. The molecule has 3 rings (SSSR count). The van der Waals surface area contributed by atoms with E-state index in [9.17, 15) is 19.8 Å². The Hall–Kier alpha value is -2.79. The van der Waals surface area contributed by atoms with Crippen LogP contribution in [0.5, 0.6) is 0 Å². The molecule has 1 aliphatic rings. The van der Waals surface area contributed by atoms with Crippen LogP contribution in [0.4, 0.5) is 5.82 Å². The Kier molecular flexibility index (Phi) is 5.28. The number of carbonyl (C=O) groups excluding carboxylic acids is 1. The molecule has 4 atom stereocenters. The van der Waals surface area contributed by atoms with Crippen LogP contribution < -0.4 is 15.8 Å². The number of anilines is 1. The molecule has 0 radical (unpaired) electrons. The fraction of sp³-hybridized carbons (Fsp3) is 0.312. The monoisotopic (exact) mass is 363 g/mol. The highest BCUT2D eigenvalue weighted by molar-refractivity contribution is 6.03. The molecule has 1 aromatic heterocycles. The van der Waals surface area contributed by atoms with Crippen LogP contribution in [0.2, 0.25) is 0 Å². The Morgan fingerprint density at radius 1 is 1.23 bits per heavy atom. The standard InChI is InChI=1S/C16H17N3O7/c20-8-10-12(21)13(22)15(25-10)26-19-7-6-11(18-16(19)24)17-14(23)9-4-2-1-3-5-9/h1-7,10,12-13,15,20-22H,8H2,(H,17,18,23,24)/t10-,12-,13+,15-/m1/s1. The summed E-state index contributed by atoms with van der Waals surface area (Å²) < 4.78 is 5.81. The Bertz CT molecular complexity index is 826. The minimum Gasteiger partial charge on any atom is -0.394 e. The number of nitrogens with one attached hydrogen (secondary N) is 1. The largest absolute Gasteiger partial charge is 0.394 e. The van der Waals surface area contributed by atoms with Gasteiger partial charge in [0.15, 0.2) is 0 Å². The number of rotatable bonds is 5. The van der Waals surface area contributed by atoms with Gasteiger partial charge in [-0.2, -0.15) is 4.98 Å². The van der Waals surface area contributed by atoms with E-state index >= 15 is 0 Å². The maximum Gasteiger partial charge on any atom is 0.382 e. The SMILES string of the molecule is O=C(Nc1ccn(O[C@H]2O[C@H](CO)[C@@H](O)[C@@H]2O)c(=O)n1)c1ccccc1. The van der Waals surface area contributed by atoms with Crippen molar-refractivity contribution >= 4 is 11.7 Å². The summed E-state index contributed by atoms with van der Waals surface area (Å²) in [7, 11) is 0. The molecule has 0 unspecified atom stereocenters. The minimum atomic E-state index is -1.45. The van der Waals surface area contributed by atoms with E-state index in [1.54, 1.807) is 30.3 Å². The normalized spacial score (nSPS) is 25.0. The van der Waals surface area contributed by atoms with Crippen molar-refractivity contribution in [2.45, 2.75) is 24.6 Å². The molecule has 138 valence electrons. The van der Waals surface area contributed by atoms with Crippen LogP contribution in [0, 0.1) is 0 Å². The molecule has 0 aliphatic carbocycles. The van der Waals surface area contributed by atoms with E-state index in [1.165, 1.54) is 12.3 Å². The molecule has 1 aromatic carbocycles. The summed E-state index contributed by atoms with van der Waals surface area (Å²) in [5, 5.41) is 31.0. The van der Waals surface area contributed by atoms with Gasteiger partial charge in [-0.1, -0.05) is 18.2 Å². The van der Waals surface area contributed by atoms with Gasteiger partial charge in [-0.05, 0) is 12.1 Å². The highest BCUT2D eigenvalue weighted by Gasteiger charge is 2.44. The first kappa shape index (κ1) is 18.0. The second-order valence-electron chi connectivity index (χ2n) is 5.55. The number of aliphatic hydroxyl groups is 3. The average molecular weight is 363 g/mol. The van der Waals surface area contributed by atoms with Crippen LogP contribution >= 0.6 is 0 Å². The second-order valence-corrected chi connectivity index (χ2v) is 5.55. The molecule has 10 nitrogen and oxygen atoms in total. The highest BCUT2D eigenvalue weighted by atomic mass is 16.8. The number of aliphatic hydroxyl groups excluding tert-OH is 3. The van der Waals surface area contributed by atoms with Crippen molar-refractivity contribution < 1.29 is 29.7 Å². The Balaban J connectivity index is 1.68. The van der Waals surface area contributed by atoms with Crippen molar-refractivity contribution in [1.29, 1.82) is 0 Å². The summed E-state index contributed by atoms with van der Waals surface area (Å²) in [5.41, 5.74) is -0.463. The molecule has 4 N–H and O–H groups in total. The molecule has 2 heterocycles. The molecule has 2 aromatic rings. The summed E-state index contributed by atoms with van der Waals surface area (Å²) in [5.74, 6) is -0.413. The first-order valence-electron chi connectivity index (χ1n) is 7.75. The van der Waals surface area contributed by atoms with Crippen molar-refractivity contribution in [2.24, 2.45) is 0 Å².